The molecule has 2 aliphatic heterocycles. The lowest BCUT2D eigenvalue weighted by Gasteiger charge is -2.30. The third-order valence-electron chi connectivity index (χ3n) is 3.73. The van der Waals surface area contributed by atoms with Gasteiger partial charge in [0.15, 0.2) is 6.29 Å². The number of nitrogens with zero attached hydrogens (tertiary/aromatic N) is 1. The lowest BCUT2D eigenvalue weighted by Crippen LogP contribution is -2.37. The first kappa shape index (κ1) is 12.3. The molecule has 0 aromatic carbocycles. The van der Waals surface area contributed by atoms with Crippen LogP contribution in [0.25, 0.3) is 0 Å². The average Bonchev–Trinajstić information content (AvgIpc) is 2.76. The van der Waals surface area contributed by atoms with E-state index >= 15 is 0 Å². The van der Waals surface area contributed by atoms with Crippen LogP contribution in [-0.2, 0) is 9.47 Å². The molecular weight excluding hydrogens is 202 g/mol. The van der Waals surface area contributed by atoms with E-state index in [2.05, 4.69) is 18.7 Å². The van der Waals surface area contributed by atoms with Gasteiger partial charge < -0.3 is 9.47 Å². The first-order chi connectivity index (χ1) is 7.77. The molecule has 1 unspecified atom stereocenters. The quantitative estimate of drug-likeness (QED) is 0.735. The van der Waals surface area contributed by atoms with Gasteiger partial charge in [0.1, 0.15) is 0 Å². The van der Waals surface area contributed by atoms with Crippen molar-refractivity contribution in [3.8, 4) is 0 Å². The maximum atomic E-state index is 5.58. The molecule has 0 amide bonds. The molecule has 2 aliphatic rings. The molecule has 94 valence electrons. The van der Waals surface area contributed by atoms with Crippen LogP contribution in [0.3, 0.4) is 0 Å². The normalized spacial score (nSPS) is 29.1. The Morgan fingerprint density at radius 2 is 1.94 bits per heavy atom. The van der Waals surface area contributed by atoms with Gasteiger partial charge in [-0.15, -0.1) is 0 Å². The Balaban J connectivity index is 1.71. The summed E-state index contributed by atoms with van der Waals surface area (Å²) in [7, 11) is 0. The molecule has 2 rings (SSSR count). The predicted octanol–water partition coefficient (Wildman–Crippen LogP) is 2.26. The molecule has 16 heavy (non-hydrogen) atoms. The highest BCUT2D eigenvalue weighted by atomic mass is 16.7. The summed E-state index contributed by atoms with van der Waals surface area (Å²) in [6, 6.07) is 0.781. The highest BCUT2D eigenvalue weighted by Gasteiger charge is 2.27. The fourth-order valence-corrected chi connectivity index (χ4v) is 2.86. The molecule has 0 radical (unpaired) electrons. The zero-order valence-electron chi connectivity index (χ0n) is 10.7. The highest BCUT2D eigenvalue weighted by Crippen LogP contribution is 2.24. The summed E-state index contributed by atoms with van der Waals surface area (Å²) in [6.07, 6.45) is 4.86. The summed E-state index contributed by atoms with van der Waals surface area (Å²) >= 11 is 0. The largest absolute Gasteiger partial charge is 0.353 e. The van der Waals surface area contributed by atoms with E-state index in [1.54, 1.807) is 0 Å². The Morgan fingerprint density at radius 3 is 2.62 bits per heavy atom. The topological polar surface area (TPSA) is 21.7 Å². The van der Waals surface area contributed by atoms with E-state index in [-0.39, 0.29) is 6.29 Å². The number of likely N-dealkylation sites (tertiary alicyclic amines) is 1. The number of ether oxygens (including phenoxy) is 2. The molecule has 0 spiro atoms. The van der Waals surface area contributed by atoms with Gasteiger partial charge >= 0.3 is 0 Å². The van der Waals surface area contributed by atoms with Crippen molar-refractivity contribution in [2.24, 2.45) is 5.92 Å². The standard InChI is InChI=1S/C13H25NO2/c1-11(2)12-5-3-7-14(12)8-6-13-15-9-4-10-16-13/h11-13H,3-10H2,1-2H3. The summed E-state index contributed by atoms with van der Waals surface area (Å²) in [5.41, 5.74) is 0. The smallest absolute Gasteiger partial charge is 0.158 e. The minimum absolute atomic E-state index is 0.0576. The van der Waals surface area contributed by atoms with Crippen LogP contribution in [0.15, 0.2) is 0 Å². The van der Waals surface area contributed by atoms with E-state index in [1.165, 1.54) is 19.4 Å². The van der Waals surface area contributed by atoms with Gasteiger partial charge in [0.05, 0.1) is 13.2 Å². The van der Waals surface area contributed by atoms with E-state index in [0.29, 0.717) is 0 Å². The highest BCUT2D eigenvalue weighted by molar-refractivity contribution is 4.81. The number of rotatable bonds is 4. The monoisotopic (exact) mass is 227 g/mol. The van der Waals surface area contributed by atoms with E-state index in [9.17, 15) is 0 Å². The van der Waals surface area contributed by atoms with Crippen LogP contribution in [0.2, 0.25) is 0 Å². The van der Waals surface area contributed by atoms with Gasteiger partial charge in [0.2, 0.25) is 0 Å². The Kier molecular flexibility index (Phi) is 4.62. The van der Waals surface area contributed by atoms with Crippen molar-refractivity contribution in [1.29, 1.82) is 0 Å². The number of hydrogen-bond donors (Lipinski definition) is 0. The van der Waals surface area contributed by atoms with E-state index < -0.39 is 0 Å². The molecule has 2 saturated heterocycles. The Hall–Kier alpha value is -0.120. The Morgan fingerprint density at radius 1 is 1.19 bits per heavy atom. The molecule has 0 aliphatic carbocycles. The molecular formula is C13H25NO2. The van der Waals surface area contributed by atoms with Crippen LogP contribution in [-0.4, -0.2) is 43.5 Å². The van der Waals surface area contributed by atoms with Crippen molar-refractivity contribution in [1.82, 2.24) is 4.90 Å². The number of hydrogen-bond acceptors (Lipinski definition) is 3. The van der Waals surface area contributed by atoms with Crippen LogP contribution in [0.4, 0.5) is 0 Å². The minimum atomic E-state index is 0.0576. The summed E-state index contributed by atoms with van der Waals surface area (Å²) < 4.78 is 11.2. The fourth-order valence-electron chi connectivity index (χ4n) is 2.86. The van der Waals surface area contributed by atoms with Crippen LogP contribution in [0, 0.1) is 5.92 Å². The summed E-state index contributed by atoms with van der Waals surface area (Å²) in [6.45, 7) is 8.80. The third-order valence-corrected chi connectivity index (χ3v) is 3.73. The van der Waals surface area contributed by atoms with Gasteiger partial charge in [-0.2, -0.15) is 0 Å². The second-order valence-electron chi connectivity index (χ2n) is 5.30. The van der Waals surface area contributed by atoms with Gasteiger partial charge in [0, 0.05) is 19.0 Å². The molecule has 0 aromatic heterocycles. The Bertz CT molecular complexity index is 202. The summed E-state index contributed by atoms with van der Waals surface area (Å²) in [5.74, 6) is 0.774. The molecule has 2 heterocycles. The first-order valence-corrected chi connectivity index (χ1v) is 6.74. The fraction of sp³-hybridized carbons (Fsp3) is 1.00. The average molecular weight is 227 g/mol. The van der Waals surface area contributed by atoms with Crippen LogP contribution >= 0.6 is 0 Å². The van der Waals surface area contributed by atoms with Crippen LogP contribution in [0.5, 0.6) is 0 Å². The molecule has 0 aromatic rings. The minimum Gasteiger partial charge on any atom is -0.353 e. The first-order valence-electron chi connectivity index (χ1n) is 6.74. The summed E-state index contributed by atoms with van der Waals surface area (Å²) in [5, 5.41) is 0. The second kappa shape index (κ2) is 5.99. The molecule has 0 N–H and O–H groups in total. The van der Waals surface area contributed by atoms with Crippen molar-refractivity contribution >= 4 is 0 Å². The SMILES string of the molecule is CC(C)C1CCCN1CCC1OCCCO1. The molecule has 1 atom stereocenters. The van der Waals surface area contributed by atoms with Crippen molar-refractivity contribution < 1.29 is 9.47 Å². The zero-order valence-corrected chi connectivity index (χ0v) is 10.7. The predicted molar refractivity (Wildman–Crippen MR) is 64.4 cm³/mol. The van der Waals surface area contributed by atoms with E-state index in [4.69, 9.17) is 9.47 Å². The molecule has 3 heteroatoms. The maximum Gasteiger partial charge on any atom is 0.158 e. The van der Waals surface area contributed by atoms with Gasteiger partial charge in [0.25, 0.3) is 0 Å². The van der Waals surface area contributed by atoms with Crippen molar-refractivity contribution in [3.63, 3.8) is 0 Å². The van der Waals surface area contributed by atoms with Gasteiger partial charge in [-0.05, 0) is 31.7 Å². The third kappa shape index (κ3) is 3.19. The maximum absolute atomic E-state index is 5.58. The zero-order chi connectivity index (χ0) is 11.4. The van der Waals surface area contributed by atoms with Crippen molar-refractivity contribution in [2.45, 2.75) is 51.9 Å². The van der Waals surface area contributed by atoms with Crippen LogP contribution in [0.1, 0.15) is 39.5 Å². The van der Waals surface area contributed by atoms with E-state index in [0.717, 1.165) is 44.6 Å². The lowest BCUT2D eigenvalue weighted by atomic mass is 10.0. The summed E-state index contributed by atoms with van der Waals surface area (Å²) in [4.78, 5) is 2.62. The van der Waals surface area contributed by atoms with Crippen LogP contribution < -0.4 is 0 Å². The van der Waals surface area contributed by atoms with Crippen molar-refractivity contribution in [3.05, 3.63) is 0 Å². The van der Waals surface area contributed by atoms with Gasteiger partial charge in [-0.3, -0.25) is 4.90 Å². The molecule has 0 saturated carbocycles. The van der Waals surface area contributed by atoms with Gasteiger partial charge in [-0.25, -0.2) is 0 Å². The van der Waals surface area contributed by atoms with Crippen molar-refractivity contribution in [2.75, 3.05) is 26.3 Å². The molecule has 3 nitrogen and oxygen atoms in total. The van der Waals surface area contributed by atoms with E-state index in [1.807, 2.05) is 0 Å². The Labute approximate surface area is 99.1 Å². The lowest BCUT2D eigenvalue weighted by molar-refractivity contribution is -0.183. The second-order valence-corrected chi connectivity index (χ2v) is 5.30. The molecule has 0 bridgehead atoms. The molecule has 2 fully saturated rings. The van der Waals surface area contributed by atoms with Gasteiger partial charge in [-0.1, -0.05) is 13.8 Å².